The van der Waals surface area contributed by atoms with Crippen LogP contribution in [0.5, 0.6) is 0 Å². The third-order valence-corrected chi connectivity index (χ3v) is 3.10. The number of carbonyl (C=O) groups is 2. The molecule has 0 aromatic carbocycles. The van der Waals surface area contributed by atoms with E-state index in [9.17, 15) is 14.0 Å². The summed E-state index contributed by atoms with van der Waals surface area (Å²) in [5.41, 5.74) is -1.58. The minimum atomic E-state index is -1.43. The maximum atomic E-state index is 13.1. The molecule has 1 N–H and O–H groups in total. The van der Waals surface area contributed by atoms with Gasteiger partial charge >= 0.3 is 5.97 Å². The number of carboxylic acids is 1. The lowest BCUT2D eigenvalue weighted by atomic mass is 10.0. The molecule has 0 saturated heterocycles. The van der Waals surface area contributed by atoms with Crippen LogP contribution in [-0.4, -0.2) is 39.0 Å². The van der Waals surface area contributed by atoms with E-state index in [1.807, 2.05) is 0 Å². The Morgan fingerprint density at radius 3 is 2.58 bits per heavy atom. The summed E-state index contributed by atoms with van der Waals surface area (Å²) < 4.78 is 13.1. The lowest BCUT2D eigenvalue weighted by molar-refractivity contribution is -0.147. The summed E-state index contributed by atoms with van der Waals surface area (Å²) >= 11 is 5.75. The highest BCUT2D eigenvalue weighted by molar-refractivity contribution is 6.32. The highest BCUT2D eigenvalue weighted by Crippen LogP contribution is 2.22. The minimum Gasteiger partial charge on any atom is -0.480 e. The van der Waals surface area contributed by atoms with Crippen molar-refractivity contribution < 1.29 is 19.1 Å². The molecule has 104 valence electrons. The van der Waals surface area contributed by atoms with E-state index in [4.69, 9.17) is 16.7 Å². The predicted octanol–water partition coefficient (Wildman–Crippen LogP) is 2.20. The minimum absolute atomic E-state index is 0.144. The van der Waals surface area contributed by atoms with Crippen molar-refractivity contribution in [3.05, 3.63) is 28.8 Å². The van der Waals surface area contributed by atoms with Crippen molar-refractivity contribution in [2.24, 2.45) is 0 Å². The zero-order valence-electron chi connectivity index (χ0n) is 10.8. The summed E-state index contributed by atoms with van der Waals surface area (Å²) in [5.74, 6) is -2.55. The van der Waals surface area contributed by atoms with Crippen LogP contribution >= 0.6 is 11.6 Å². The van der Waals surface area contributed by atoms with Gasteiger partial charge in [0.1, 0.15) is 16.5 Å². The largest absolute Gasteiger partial charge is 0.480 e. The van der Waals surface area contributed by atoms with Crippen LogP contribution in [0.4, 0.5) is 4.39 Å². The van der Waals surface area contributed by atoms with Gasteiger partial charge < -0.3 is 10.0 Å². The molecule has 1 aromatic heterocycles. The Hall–Kier alpha value is -1.69. The normalized spacial score (nSPS) is 11.2. The fourth-order valence-electron chi connectivity index (χ4n) is 1.63. The van der Waals surface area contributed by atoms with E-state index in [1.165, 1.54) is 13.8 Å². The van der Waals surface area contributed by atoms with E-state index in [0.29, 0.717) is 0 Å². The van der Waals surface area contributed by atoms with E-state index in [0.717, 1.165) is 17.2 Å². The van der Waals surface area contributed by atoms with Crippen molar-refractivity contribution in [3.63, 3.8) is 0 Å². The van der Waals surface area contributed by atoms with Gasteiger partial charge in [-0.25, -0.2) is 14.2 Å². The Bertz CT molecular complexity index is 520. The molecule has 0 aliphatic rings. The maximum absolute atomic E-state index is 13.1. The van der Waals surface area contributed by atoms with Crippen LogP contribution < -0.4 is 0 Å². The molecule has 0 bridgehead atoms. The first-order valence-corrected chi connectivity index (χ1v) is 5.96. The zero-order chi connectivity index (χ0) is 14.8. The van der Waals surface area contributed by atoms with Crippen LogP contribution in [0.15, 0.2) is 12.3 Å². The van der Waals surface area contributed by atoms with E-state index in [1.54, 1.807) is 6.92 Å². The molecule has 0 aliphatic heterocycles. The lowest BCUT2D eigenvalue weighted by Crippen LogP contribution is -2.53. The summed E-state index contributed by atoms with van der Waals surface area (Å²) in [6.07, 6.45) is 0.887. The third kappa shape index (κ3) is 3.01. The van der Waals surface area contributed by atoms with Crippen molar-refractivity contribution in [3.8, 4) is 0 Å². The summed E-state index contributed by atoms with van der Waals surface area (Å²) in [5, 5.41) is 8.98. The first-order chi connectivity index (χ1) is 8.71. The molecule has 1 aromatic rings. The fourth-order valence-corrected chi connectivity index (χ4v) is 1.81. The average Bonchev–Trinajstić information content (AvgIpc) is 2.32. The molecule has 0 spiro atoms. The number of aromatic nitrogens is 1. The summed E-state index contributed by atoms with van der Waals surface area (Å²) in [6.45, 7) is 4.54. The number of aliphatic carboxylic acids is 1. The van der Waals surface area contributed by atoms with Gasteiger partial charge in [-0.15, -0.1) is 0 Å². The van der Waals surface area contributed by atoms with Crippen LogP contribution in [0.3, 0.4) is 0 Å². The molecule has 1 heterocycles. The average molecular weight is 289 g/mol. The van der Waals surface area contributed by atoms with Gasteiger partial charge in [0.05, 0.1) is 11.8 Å². The predicted molar refractivity (Wildman–Crippen MR) is 67.6 cm³/mol. The first-order valence-electron chi connectivity index (χ1n) is 5.58. The molecule has 0 atom stereocenters. The second kappa shape index (κ2) is 5.52. The van der Waals surface area contributed by atoms with Crippen molar-refractivity contribution in [2.75, 3.05) is 6.54 Å². The molecular weight excluding hydrogens is 275 g/mol. The molecule has 1 rings (SSSR count). The number of hydrogen-bond acceptors (Lipinski definition) is 3. The Morgan fingerprint density at radius 1 is 1.53 bits per heavy atom. The van der Waals surface area contributed by atoms with Crippen LogP contribution in [0, 0.1) is 5.82 Å². The number of hydrogen-bond donors (Lipinski definition) is 1. The monoisotopic (exact) mass is 288 g/mol. The van der Waals surface area contributed by atoms with Gasteiger partial charge in [-0.3, -0.25) is 4.79 Å². The van der Waals surface area contributed by atoms with Crippen LogP contribution in [-0.2, 0) is 4.79 Å². The molecule has 0 unspecified atom stereocenters. The standard InChI is InChI=1S/C12H14ClFN2O3/c1-4-16(12(2,3)11(18)19)10(17)8-5-7(14)6-15-9(8)13/h5-6H,4H2,1-3H3,(H,18,19). The quantitative estimate of drug-likeness (QED) is 0.862. The molecule has 19 heavy (non-hydrogen) atoms. The molecule has 0 fully saturated rings. The Kier molecular flexibility index (Phi) is 4.47. The molecule has 5 nitrogen and oxygen atoms in total. The first kappa shape index (κ1) is 15.4. The lowest BCUT2D eigenvalue weighted by Gasteiger charge is -2.34. The van der Waals surface area contributed by atoms with E-state index < -0.39 is 23.2 Å². The van der Waals surface area contributed by atoms with Crippen molar-refractivity contribution in [1.82, 2.24) is 9.88 Å². The van der Waals surface area contributed by atoms with Crippen molar-refractivity contribution in [1.29, 1.82) is 0 Å². The van der Waals surface area contributed by atoms with Gasteiger partial charge in [-0.1, -0.05) is 11.6 Å². The number of likely N-dealkylation sites (N-methyl/N-ethyl adjacent to an activating group) is 1. The molecular formula is C12H14ClFN2O3. The molecule has 0 radical (unpaired) electrons. The van der Waals surface area contributed by atoms with Gasteiger partial charge in [0.25, 0.3) is 5.91 Å². The maximum Gasteiger partial charge on any atom is 0.329 e. The number of halogens is 2. The van der Waals surface area contributed by atoms with Gasteiger partial charge in [0.15, 0.2) is 0 Å². The van der Waals surface area contributed by atoms with Gasteiger partial charge in [0.2, 0.25) is 0 Å². The number of carboxylic acid groups (broad SMARTS) is 1. The number of carbonyl (C=O) groups excluding carboxylic acids is 1. The van der Waals surface area contributed by atoms with Gasteiger partial charge in [0, 0.05) is 6.54 Å². The van der Waals surface area contributed by atoms with Gasteiger partial charge in [-0.05, 0) is 26.8 Å². The number of nitrogens with zero attached hydrogens (tertiary/aromatic N) is 2. The second-order valence-electron chi connectivity index (χ2n) is 4.41. The van der Waals surface area contributed by atoms with E-state index in [-0.39, 0.29) is 17.3 Å². The fraction of sp³-hybridized carbons (Fsp3) is 0.417. The van der Waals surface area contributed by atoms with Gasteiger partial charge in [-0.2, -0.15) is 0 Å². The number of pyridine rings is 1. The number of amides is 1. The molecule has 0 saturated carbocycles. The SMILES string of the molecule is CCN(C(=O)c1cc(F)cnc1Cl)C(C)(C)C(=O)O. The van der Waals surface area contributed by atoms with Crippen LogP contribution in [0.1, 0.15) is 31.1 Å². The van der Waals surface area contributed by atoms with Crippen LogP contribution in [0.2, 0.25) is 5.15 Å². The summed E-state index contributed by atoms with van der Waals surface area (Å²) in [6, 6.07) is 0.943. The topological polar surface area (TPSA) is 70.5 Å². The van der Waals surface area contributed by atoms with Crippen molar-refractivity contribution >= 4 is 23.5 Å². The number of rotatable bonds is 4. The highest BCUT2D eigenvalue weighted by atomic mass is 35.5. The second-order valence-corrected chi connectivity index (χ2v) is 4.76. The third-order valence-electron chi connectivity index (χ3n) is 2.80. The zero-order valence-corrected chi connectivity index (χ0v) is 11.5. The van der Waals surface area contributed by atoms with E-state index >= 15 is 0 Å². The van der Waals surface area contributed by atoms with Crippen molar-refractivity contribution in [2.45, 2.75) is 26.3 Å². The molecule has 0 aliphatic carbocycles. The summed E-state index contributed by atoms with van der Waals surface area (Å²) in [4.78, 5) is 28.1. The summed E-state index contributed by atoms with van der Waals surface area (Å²) in [7, 11) is 0. The Balaban J connectivity index is 3.23. The molecule has 7 heteroatoms. The highest BCUT2D eigenvalue weighted by Gasteiger charge is 2.38. The molecule has 1 amide bonds. The van der Waals surface area contributed by atoms with Crippen LogP contribution in [0.25, 0.3) is 0 Å². The Labute approximate surface area is 115 Å². The van der Waals surface area contributed by atoms with E-state index in [2.05, 4.69) is 4.98 Å². The Morgan fingerprint density at radius 2 is 2.11 bits per heavy atom. The smallest absolute Gasteiger partial charge is 0.329 e.